The second kappa shape index (κ2) is 9.16. The zero-order valence-electron chi connectivity index (χ0n) is 18.6. The highest BCUT2D eigenvalue weighted by molar-refractivity contribution is 7.90. The summed E-state index contributed by atoms with van der Waals surface area (Å²) in [5, 5.41) is 2.96. The molecule has 0 spiro atoms. The molecule has 4 N–H and O–H groups in total. The molecule has 2 aliphatic rings. The van der Waals surface area contributed by atoms with Crippen molar-refractivity contribution in [2.45, 2.75) is 76.1 Å². The molecule has 1 aromatic rings. The average molecular weight is 451 g/mol. The Labute approximate surface area is 185 Å². The Balaban J connectivity index is 1.52. The van der Waals surface area contributed by atoms with Crippen molar-refractivity contribution in [3.05, 3.63) is 24.3 Å². The van der Waals surface area contributed by atoms with Crippen LogP contribution in [0, 0.1) is 5.92 Å². The van der Waals surface area contributed by atoms with Crippen LogP contribution in [0.1, 0.15) is 59.3 Å². The van der Waals surface area contributed by atoms with Gasteiger partial charge in [-0.1, -0.05) is 0 Å². The molecule has 0 bridgehead atoms. The maximum atomic E-state index is 12.7. The summed E-state index contributed by atoms with van der Waals surface area (Å²) >= 11 is 0. The molecule has 1 heterocycles. The SMILES string of the molecule is CC(C)(C)S(=O)(=O)N[C@H]1CC[C@H](C(=O)Nc2ccc(N3CCC[C@H]3C(N)=O)cc2)CC1. The van der Waals surface area contributed by atoms with E-state index in [9.17, 15) is 18.0 Å². The van der Waals surface area contributed by atoms with E-state index in [1.54, 1.807) is 20.8 Å². The molecule has 0 aromatic heterocycles. The van der Waals surface area contributed by atoms with E-state index in [4.69, 9.17) is 5.73 Å². The Morgan fingerprint density at radius 1 is 1.03 bits per heavy atom. The minimum atomic E-state index is -3.39. The molecule has 8 nitrogen and oxygen atoms in total. The number of amides is 2. The number of nitrogens with zero attached hydrogens (tertiary/aromatic N) is 1. The standard InChI is InChI=1S/C22H34N4O4S/c1-22(2,3)31(29,30)25-17-8-6-15(7-9-17)21(28)24-16-10-12-18(13-11-16)26-14-4-5-19(26)20(23)27/h10-13,15,17,19,25H,4-9,14H2,1-3H3,(H2,23,27)(H,24,28)/t15-,17-,19-/m0/s1. The van der Waals surface area contributed by atoms with E-state index in [1.165, 1.54) is 0 Å². The molecule has 1 aromatic carbocycles. The van der Waals surface area contributed by atoms with Crippen LogP contribution in [0.2, 0.25) is 0 Å². The number of carbonyl (C=O) groups excluding carboxylic acids is 2. The lowest BCUT2D eigenvalue weighted by Gasteiger charge is -2.30. The molecule has 9 heteroatoms. The van der Waals surface area contributed by atoms with Gasteiger partial charge < -0.3 is 16.0 Å². The Hall–Kier alpha value is -2.13. The highest BCUT2D eigenvalue weighted by Gasteiger charge is 2.34. The van der Waals surface area contributed by atoms with Gasteiger partial charge in [0.05, 0.1) is 4.75 Å². The second-order valence-corrected chi connectivity index (χ2v) is 12.0. The van der Waals surface area contributed by atoms with Gasteiger partial charge in [0.15, 0.2) is 0 Å². The molecular weight excluding hydrogens is 416 g/mol. The van der Waals surface area contributed by atoms with Gasteiger partial charge in [-0.25, -0.2) is 13.1 Å². The summed E-state index contributed by atoms with van der Waals surface area (Å²) in [5.74, 6) is -0.482. The summed E-state index contributed by atoms with van der Waals surface area (Å²) in [6, 6.07) is 7.08. The summed E-state index contributed by atoms with van der Waals surface area (Å²) in [6.07, 6.45) is 4.29. The van der Waals surface area contributed by atoms with Gasteiger partial charge in [-0.3, -0.25) is 9.59 Å². The fourth-order valence-electron chi connectivity index (χ4n) is 4.22. The number of nitrogens with two attached hydrogens (primary N) is 1. The van der Waals surface area contributed by atoms with Gasteiger partial charge in [-0.15, -0.1) is 0 Å². The molecular formula is C22H34N4O4S. The number of hydrogen-bond acceptors (Lipinski definition) is 5. The maximum absolute atomic E-state index is 12.7. The molecule has 0 radical (unpaired) electrons. The molecule has 1 saturated heterocycles. The Bertz CT molecular complexity index is 900. The monoisotopic (exact) mass is 450 g/mol. The number of carbonyl (C=O) groups is 2. The molecule has 1 saturated carbocycles. The third-order valence-corrected chi connectivity index (χ3v) is 8.53. The Kier molecular flexibility index (Phi) is 6.95. The van der Waals surface area contributed by atoms with Gasteiger partial charge in [0, 0.05) is 29.9 Å². The molecule has 31 heavy (non-hydrogen) atoms. The van der Waals surface area contributed by atoms with Gasteiger partial charge in [0.1, 0.15) is 6.04 Å². The van der Waals surface area contributed by atoms with Crippen LogP contribution in [0.4, 0.5) is 11.4 Å². The van der Waals surface area contributed by atoms with Crippen LogP contribution in [0.5, 0.6) is 0 Å². The first-order valence-corrected chi connectivity index (χ1v) is 12.4. The van der Waals surface area contributed by atoms with E-state index in [0.29, 0.717) is 31.4 Å². The first-order chi connectivity index (χ1) is 14.5. The van der Waals surface area contributed by atoms with Crippen LogP contribution in [0.25, 0.3) is 0 Å². The van der Waals surface area contributed by atoms with E-state index in [2.05, 4.69) is 10.0 Å². The minimum Gasteiger partial charge on any atom is -0.368 e. The third-order valence-electron chi connectivity index (χ3n) is 6.27. The van der Waals surface area contributed by atoms with Crippen molar-refractivity contribution in [2.75, 3.05) is 16.8 Å². The van der Waals surface area contributed by atoms with Gasteiger partial charge in [-0.05, 0) is 83.6 Å². The highest BCUT2D eigenvalue weighted by Crippen LogP contribution is 2.29. The summed E-state index contributed by atoms with van der Waals surface area (Å²) in [6.45, 7) is 5.83. The maximum Gasteiger partial charge on any atom is 0.240 e. The van der Waals surface area contributed by atoms with Gasteiger partial charge in [0.2, 0.25) is 21.8 Å². The smallest absolute Gasteiger partial charge is 0.240 e. The number of rotatable bonds is 6. The predicted molar refractivity (Wildman–Crippen MR) is 122 cm³/mol. The lowest BCUT2D eigenvalue weighted by molar-refractivity contribution is -0.121. The van der Waals surface area contributed by atoms with Crippen LogP contribution in [0.15, 0.2) is 24.3 Å². The van der Waals surface area contributed by atoms with Crippen LogP contribution < -0.4 is 20.7 Å². The summed E-state index contributed by atoms with van der Waals surface area (Å²) < 4.78 is 26.6. The molecule has 1 atom stereocenters. The first-order valence-electron chi connectivity index (χ1n) is 11.0. The predicted octanol–water partition coefficient (Wildman–Crippen LogP) is 2.36. The first kappa shape index (κ1) is 23.5. The number of sulfonamides is 1. The van der Waals surface area contributed by atoms with Crippen LogP contribution in [-0.4, -0.2) is 43.6 Å². The summed E-state index contributed by atoms with van der Waals surface area (Å²) in [5.41, 5.74) is 7.12. The van der Waals surface area contributed by atoms with Crippen molar-refractivity contribution in [2.24, 2.45) is 11.7 Å². The van der Waals surface area contributed by atoms with Gasteiger partial charge in [-0.2, -0.15) is 0 Å². The molecule has 1 aliphatic carbocycles. The number of nitrogens with one attached hydrogen (secondary N) is 2. The summed E-state index contributed by atoms with van der Waals surface area (Å²) in [7, 11) is -3.39. The quantitative estimate of drug-likeness (QED) is 0.614. The fraction of sp³-hybridized carbons (Fsp3) is 0.636. The van der Waals surface area contributed by atoms with E-state index < -0.39 is 14.8 Å². The van der Waals surface area contributed by atoms with Gasteiger partial charge in [0.25, 0.3) is 0 Å². The third kappa shape index (κ3) is 5.57. The normalized spacial score (nSPS) is 24.7. The number of primary amides is 1. The van der Waals surface area contributed by atoms with Crippen molar-refractivity contribution in [1.29, 1.82) is 0 Å². The molecule has 172 valence electrons. The lowest BCUT2D eigenvalue weighted by Crippen LogP contribution is -2.46. The van der Waals surface area contributed by atoms with Crippen molar-refractivity contribution in [3.8, 4) is 0 Å². The van der Waals surface area contributed by atoms with E-state index in [1.807, 2.05) is 29.2 Å². The number of hydrogen-bond donors (Lipinski definition) is 3. The minimum absolute atomic E-state index is 0.0407. The molecule has 0 unspecified atom stereocenters. The zero-order valence-corrected chi connectivity index (χ0v) is 19.4. The van der Waals surface area contributed by atoms with Crippen molar-refractivity contribution >= 4 is 33.2 Å². The average Bonchev–Trinajstić information content (AvgIpc) is 3.18. The highest BCUT2D eigenvalue weighted by atomic mass is 32.2. The van der Waals surface area contributed by atoms with Crippen molar-refractivity contribution in [3.63, 3.8) is 0 Å². The zero-order chi connectivity index (χ0) is 22.8. The Morgan fingerprint density at radius 3 is 2.19 bits per heavy atom. The largest absolute Gasteiger partial charge is 0.368 e. The summed E-state index contributed by atoms with van der Waals surface area (Å²) in [4.78, 5) is 26.3. The van der Waals surface area contributed by atoms with Crippen molar-refractivity contribution in [1.82, 2.24) is 4.72 Å². The van der Waals surface area contributed by atoms with Crippen LogP contribution >= 0.6 is 0 Å². The topological polar surface area (TPSA) is 122 Å². The second-order valence-electron chi connectivity index (χ2n) is 9.57. The van der Waals surface area contributed by atoms with Crippen LogP contribution in [0.3, 0.4) is 0 Å². The van der Waals surface area contributed by atoms with E-state index in [0.717, 1.165) is 25.1 Å². The van der Waals surface area contributed by atoms with Crippen LogP contribution in [-0.2, 0) is 19.6 Å². The molecule has 2 amide bonds. The van der Waals surface area contributed by atoms with E-state index in [-0.39, 0.29) is 29.8 Å². The van der Waals surface area contributed by atoms with Crippen molar-refractivity contribution < 1.29 is 18.0 Å². The number of benzene rings is 1. The molecule has 1 aliphatic heterocycles. The fourth-order valence-corrected chi connectivity index (χ4v) is 5.25. The lowest BCUT2D eigenvalue weighted by atomic mass is 9.86. The van der Waals surface area contributed by atoms with E-state index >= 15 is 0 Å². The van der Waals surface area contributed by atoms with Gasteiger partial charge >= 0.3 is 0 Å². The molecule has 3 rings (SSSR count). The number of anilines is 2. The molecule has 2 fully saturated rings. The Morgan fingerprint density at radius 2 is 1.65 bits per heavy atom.